The van der Waals surface area contributed by atoms with Crippen molar-refractivity contribution in [2.75, 3.05) is 13.2 Å². The van der Waals surface area contributed by atoms with E-state index < -0.39 is 6.10 Å². The molecule has 68 valence electrons. The molecule has 0 aromatic carbocycles. The van der Waals surface area contributed by atoms with E-state index in [1.54, 1.807) is 6.92 Å². The third-order valence-corrected chi connectivity index (χ3v) is 1.85. The molecular formula is C8H19NO2. The summed E-state index contributed by atoms with van der Waals surface area (Å²) in [6, 6.07) is 0. The van der Waals surface area contributed by atoms with Gasteiger partial charge in [0.15, 0.2) is 0 Å². The molecule has 0 aromatic heterocycles. The fourth-order valence-corrected chi connectivity index (χ4v) is 0.627. The number of ether oxygens (including phenoxy) is 1. The van der Waals surface area contributed by atoms with E-state index in [4.69, 9.17) is 15.6 Å². The van der Waals surface area contributed by atoms with Gasteiger partial charge in [0.2, 0.25) is 0 Å². The topological polar surface area (TPSA) is 55.5 Å². The highest BCUT2D eigenvalue weighted by atomic mass is 16.5. The smallest absolute Gasteiger partial charge is 0.0774 e. The molecule has 0 aliphatic carbocycles. The monoisotopic (exact) mass is 161 g/mol. The third kappa shape index (κ3) is 4.35. The first kappa shape index (κ1) is 10.9. The van der Waals surface area contributed by atoms with Crippen LogP contribution in [0.1, 0.15) is 27.2 Å². The van der Waals surface area contributed by atoms with E-state index in [1.807, 2.05) is 13.8 Å². The number of aliphatic hydroxyl groups is 1. The van der Waals surface area contributed by atoms with Crippen molar-refractivity contribution in [3.05, 3.63) is 0 Å². The van der Waals surface area contributed by atoms with Gasteiger partial charge in [0.25, 0.3) is 0 Å². The van der Waals surface area contributed by atoms with Crippen LogP contribution < -0.4 is 5.73 Å². The molecule has 2 atom stereocenters. The van der Waals surface area contributed by atoms with Crippen LogP contribution in [0, 0.1) is 0 Å². The first-order chi connectivity index (χ1) is 5.04. The van der Waals surface area contributed by atoms with Crippen LogP contribution in [0.25, 0.3) is 0 Å². The molecule has 11 heavy (non-hydrogen) atoms. The lowest BCUT2D eigenvalue weighted by Crippen LogP contribution is -2.38. The average molecular weight is 161 g/mol. The Bertz CT molecular complexity index is 100. The number of hydrogen-bond donors (Lipinski definition) is 2. The van der Waals surface area contributed by atoms with Crippen LogP contribution in [0.3, 0.4) is 0 Å². The molecule has 0 saturated heterocycles. The minimum Gasteiger partial charge on any atom is -0.391 e. The summed E-state index contributed by atoms with van der Waals surface area (Å²) in [6.07, 6.45) is 0.461. The Balaban J connectivity index is 3.69. The molecule has 0 aliphatic rings. The molecule has 2 unspecified atom stereocenters. The Morgan fingerprint density at radius 1 is 1.64 bits per heavy atom. The largest absolute Gasteiger partial charge is 0.391 e. The summed E-state index contributed by atoms with van der Waals surface area (Å²) < 4.78 is 5.41. The minimum atomic E-state index is -0.410. The quantitative estimate of drug-likeness (QED) is 0.617. The average Bonchev–Trinajstić information content (AvgIpc) is 2.00. The van der Waals surface area contributed by atoms with Gasteiger partial charge in [-0.1, -0.05) is 6.92 Å². The van der Waals surface area contributed by atoms with Crippen LogP contribution in [0.15, 0.2) is 0 Å². The molecule has 3 nitrogen and oxygen atoms in total. The molecule has 0 rings (SSSR count). The predicted octanol–water partition coefficient (Wildman–Crippen LogP) is 0.511. The first-order valence-corrected chi connectivity index (χ1v) is 4.06. The van der Waals surface area contributed by atoms with Crippen molar-refractivity contribution in [2.45, 2.75) is 38.9 Å². The molecule has 0 aromatic rings. The van der Waals surface area contributed by atoms with Crippen LogP contribution >= 0.6 is 0 Å². The lowest BCUT2D eigenvalue weighted by Gasteiger charge is -2.27. The molecule has 0 radical (unpaired) electrons. The minimum absolute atomic E-state index is 0.267. The predicted molar refractivity (Wildman–Crippen MR) is 45.4 cm³/mol. The molecule has 0 aliphatic heterocycles. The summed E-state index contributed by atoms with van der Waals surface area (Å²) in [5.74, 6) is 0. The molecular weight excluding hydrogens is 142 g/mol. The highest BCUT2D eigenvalue weighted by Gasteiger charge is 2.20. The van der Waals surface area contributed by atoms with Crippen molar-refractivity contribution in [3.63, 3.8) is 0 Å². The zero-order valence-electron chi connectivity index (χ0n) is 7.63. The summed E-state index contributed by atoms with van der Waals surface area (Å²) >= 11 is 0. The molecule has 3 N–H and O–H groups in total. The second-order valence-electron chi connectivity index (χ2n) is 3.17. The highest BCUT2D eigenvalue weighted by Crippen LogP contribution is 2.12. The maximum Gasteiger partial charge on any atom is 0.0774 e. The van der Waals surface area contributed by atoms with Gasteiger partial charge < -0.3 is 15.6 Å². The zero-order valence-corrected chi connectivity index (χ0v) is 7.63. The van der Waals surface area contributed by atoms with Crippen molar-refractivity contribution in [3.8, 4) is 0 Å². The fourth-order valence-electron chi connectivity index (χ4n) is 0.627. The van der Waals surface area contributed by atoms with E-state index >= 15 is 0 Å². The van der Waals surface area contributed by atoms with Gasteiger partial charge in [0, 0.05) is 6.54 Å². The van der Waals surface area contributed by atoms with Gasteiger partial charge >= 0.3 is 0 Å². The van der Waals surface area contributed by atoms with E-state index in [2.05, 4.69) is 0 Å². The summed E-state index contributed by atoms with van der Waals surface area (Å²) in [5, 5.41) is 8.94. The fraction of sp³-hybridized carbons (Fsp3) is 1.00. The third-order valence-electron chi connectivity index (χ3n) is 1.85. The molecule has 0 heterocycles. The van der Waals surface area contributed by atoms with Crippen molar-refractivity contribution in [1.29, 1.82) is 0 Å². The van der Waals surface area contributed by atoms with Gasteiger partial charge in [-0.05, 0) is 20.3 Å². The summed E-state index contributed by atoms with van der Waals surface area (Å²) in [5.41, 5.74) is 5.23. The van der Waals surface area contributed by atoms with Crippen LogP contribution in [0.5, 0.6) is 0 Å². The van der Waals surface area contributed by atoms with E-state index in [0.717, 1.165) is 6.42 Å². The zero-order chi connectivity index (χ0) is 8.91. The van der Waals surface area contributed by atoms with Crippen LogP contribution in [-0.2, 0) is 4.74 Å². The second-order valence-corrected chi connectivity index (χ2v) is 3.17. The normalized spacial score (nSPS) is 19.4. The van der Waals surface area contributed by atoms with E-state index in [9.17, 15) is 0 Å². The van der Waals surface area contributed by atoms with Crippen LogP contribution in [0.4, 0.5) is 0 Å². The summed E-state index contributed by atoms with van der Waals surface area (Å²) in [6.45, 7) is 6.54. The summed E-state index contributed by atoms with van der Waals surface area (Å²) in [4.78, 5) is 0. The highest BCUT2D eigenvalue weighted by molar-refractivity contribution is 4.74. The molecule has 0 bridgehead atoms. The van der Waals surface area contributed by atoms with Gasteiger partial charge in [0.1, 0.15) is 0 Å². The van der Waals surface area contributed by atoms with Gasteiger partial charge in [-0.2, -0.15) is 0 Å². The Labute approximate surface area is 68.5 Å². The lowest BCUT2D eigenvalue weighted by atomic mass is 10.0. The van der Waals surface area contributed by atoms with Crippen molar-refractivity contribution < 1.29 is 9.84 Å². The van der Waals surface area contributed by atoms with Gasteiger partial charge in [-0.3, -0.25) is 0 Å². The van der Waals surface area contributed by atoms with E-state index in [0.29, 0.717) is 13.2 Å². The maximum atomic E-state index is 8.94. The Kier molecular flexibility index (Phi) is 4.65. The SMILES string of the molecule is CCC(C)(CN)OCC(C)O. The summed E-state index contributed by atoms with van der Waals surface area (Å²) in [7, 11) is 0. The molecule has 3 heteroatoms. The Hall–Kier alpha value is -0.120. The Morgan fingerprint density at radius 3 is 2.45 bits per heavy atom. The number of nitrogens with two attached hydrogens (primary N) is 1. The standard InChI is InChI=1S/C8H19NO2/c1-4-8(3,6-9)11-5-7(2)10/h7,10H,4-6,9H2,1-3H3. The molecule has 0 amide bonds. The maximum absolute atomic E-state index is 8.94. The van der Waals surface area contributed by atoms with Crippen molar-refractivity contribution in [1.82, 2.24) is 0 Å². The van der Waals surface area contributed by atoms with Crippen LogP contribution in [0.2, 0.25) is 0 Å². The number of rotatable bonds is 5. The van der Waals surface area contributed by atoms with E-state index in [-0.39, 0.29) is 5.60 Å². The van der Waals surface area contributed by atoms with Gasteiger partial charge in [-0.15, -0.1) is 0 Å². The van der Waals surface area contributed by atoms with E-state index in [1.165, 1.54) is 0 Å². The van der Waals surface area contributed by atoms with Crippen molar-refractivity contribution >= 4 is 0 Å². The van der Waals surface area contributed by atoms with Crippen LogP contribution in [-0.4, -0.2) is 30.0 Å². The number of hydrogen-bond acceptors (Lipinski definition) is 3. The molecule has 0 saturated carbocycles. The van der Waals surface area contributed by atoms with Gasteiger partial charge in [-0.25, -0.2) is 0 Å². The first-order valence-electron chi connectivity index (χ1n) is 4.06. The second kappa shape index (κ2) is 4.70. The Morgan fingerprint density at radius 2 is 2.18 bits per heavy atom. The number of aliphatic hydroxyl groups excluding tert-OH is 1. The van der Waals surface area contributed by atoms with Crippen molar-refractivity contribution in [2.24, 2.45) is 5.73 Å². The lowest BCUT2D eigenvalue weighted by molar-refractivity contribution is -0.0618. The molecule has 0 spiro atoms. The van der Waals surface area contributed by atoms with Gasteiger partial charge in [0.05, 0.1) is 18.3 Å². The molecule has 0 fully saturated rings.